The molecule has 18 heavy (non-hydrogen) atoms. The summed E-state index contributed by atoms with van der Waals surface area (Å²) in [6.07, 6.45) is 6.85. The van der Waals surface area contributed by atoms with Crippen molar-refractivity contribution in [2.75, 3.05) is 26.2 Å². The van der Waals surface area contributed by atoms with Crippen molar-refractivity contribution in [2.24, 2.45) is 17.6 Å². The maximum Gasteiger partial charge on any atom is 0.00672 e. The normalized spacial score (nSPS) is 25.3. The van der Waals surface area contributed by atoms with Crippen LogP contribution in [0.3, 0.4) is 0 Å². The molecule has 2 rings (SSSR count). The fourth-order valence-electron chi connectivity index (χ4n) is 3.28. The number of nitrogens with two attached hydrogens (primary N) is 1. The fourth-order valence-corrected chi connectivity index (χ4v) is 3.28. The van der Waals surface area contributed by atoms with E-state index in [0.29, 0.717) is 12.0 Å². The van der Waals surface area contributed by atoms with E-state index in [0.717, 1.165) is 25.0 Å². The Hall–Kier alpha value is -0.120. The van der Waals surface area contributed by atoms with Crippen LogP contribution in [-0.2, 0) is 0 Å². The van der Waals surface area contributed by atoms with Crippen molar-refractivity contribution < 1.29 is 0 Å². The zero-order valence-electron chi connectivity index (χ0n) is 12.2. The van der Waals surface area contributed by atoms with Crippen molar-refractivity contribution in [2.45, 2.75) is 58.0 Å². The van der Waals surface area contributed by atoms with Gasteiger partial charge >= 0.3 is 0 Å². The second kappa shape index (κ2) is 6.88. The van der Waals surface area contributed by atoms with Crippen LogP contribution >= 0.6 is 0 Å². The summed E-state index contributed by atoms with van der Waals surface area (Å²) in [6, 6.07) is 1.50. The minimum absolute atomic E-state index is 0.694. The van der Waals surface area contributed by atoms with Gasteiger partial charge in [-0.1, -0.05) is 6.42 Å². The van der Waals surface area contributed by atoms with Gasteiger partial charge in [0.25, 0.3) is 0 Å². The first-order valence-electron chi connectivity index (χ1n) is 7.88. The molecule has 0 bridgehead atoms. The summed E-state index contributed by atoms with van der Waals surface area (Å²) in [5, 5.41) is 3.71. The number of hydrogen-bond donors (Lipinski definition) is 2. The average molecular weight is 253 g/mol. The topological polar surface area (TPSA) is 41.3 Å². The van der Waals surface area contributed by atoms with Gasteiger partial charge in [-0.05, 0) is 77.5 Å². The molecule has 106 valence electrons. The molecule has 0 aromatic heterocycles. The van der Waals surface area contributed by atoms with E-state index in [-0.39, 0.29) is 0 Å². The van der Waals surface area contributed by atoms with E-state index >= 15 is 0 Å². The molecule has 1 unspecified atom stereocenters. The Labute approximate surface area is 112 Å². The number of hydrogen-bond acceptors (Lipinski definition) is 3. The smallest absolute Gasteiger partial charge is 0.00672 e. The minimum atomic E-state index is 0.694. The van der Waals surface area contributed by atoms with E-state index in [2.05, 4.69) is 24.1 Å². The Kier molecular flexibility index (Phi) is 5.46. The summed E-state index contributed by atoms with van der Waals surface area (Å²) in [5.74, 6) is 1.54. The second-order valence-electron chi connectivity index (χ2n) is 6.50. The largest absolute Gasteiger partial charge is 0.330 e. The van der Waals surface area contributed by atoms with Gasteiger partial charge < -0.3 is 16.0 Å². The number of piperidine rings is 1. The molecular formula is C15H31N3. The Morgan fingerprint density at radius 1 is 1.17 bits per heavy atom. The first kappa shape index (κ1) is 14.3. The van der Waals surface area contributed by atoms with Gasteiger partial charge in [0.2, 0.25) is 0 Å². The third kappa shape index (κ3) is 3.69. The maximum absolute atomic E-state index is 5.99. The Morgan fingerprint density at radius 2 is 1.83 bits per heavy atom. The maximum atomic E-state index is 5.99. The van der Waals surface area contributed by atoms with Crippen LogP contribution < -0.4 is 11.1 Å². The second-order valence-corrected chi connectivity index (χ2v) is 6.50. The molecule has 1 aliphatic carbocycles. The third-order valence-corrected chi connectivity index (χ3v) is 5.05. The monoisotopic (exact) mass is 253 g/mol. The first-order chi connectivity index (χ1) is 8.70. The summed E-state index contributed by atoms with van der Waals surface area (Å²) in [7, 11) is 0. The van der Waals surface area contributed by atoms with Crippen molar-refractivity contribution in [1.82, 2.24) is 10.2 Å². The number of nitrogens with one attached hydrogen (secondary N) is 1. The van der Waals surface area contributed by atoms with Crippen molar-refractivity contribution in [3.05, 3.63) is 0 Å². The van der Waals surface area contributed by atoms with E-state index < -0.39 is 0 Å². The summed E-state index contributed by atoms with van der Waals surface area (Å²) in [6.45, 7) is 9.14. The van der Waals surface area contributed by atoms with Crippen LogP contribution in [0.4, 0.5) is 0 Å². The number of rotatable bonds is 6. The summed E-state index contributed by atoms with van der Waals surface area (Å²) in [4.78, 5) is 2.60. The lowest BCUT2D eigenvalue weighted by Crippen LogP contribution is -2.45. The number of nitrogens with zero attached hydrogens (tertiary/aromatic N) is 1. The molecular weight excluding hydrogens is 222 g/mol. The SMILES string of the molecule is CC(C)N1CCC(C(CN)CNC2CCC2)CC1. The molecule has 0 amide bonds. The van der Waals surface area contributed by atoms with Gasteiger partial charge in [0.1, 0.15) is 0 Å². The van der Waals surface area contributed by atoms with Crippen molar-refractivity contribution >= 4 is 0 Å². The lowest BCUT2D eigenvalue weighted by Gasteiger charge is -2.38. The molecule has 0 aromatic carbocycles. The van der Waals surface area contributed by atoms with Crippen LogP contribution in [0.25, 0.3) is 0 Å². The molecule has 0 radical (unpaired) electrons. The van der Waals surface area contributed by atoms with E-state index in [4.69, 9.17) is 5.73 Å². The van der Waals surface area contributed by atoms with Crippen LogP contribution in [-0.4, -0.2) is 43.2 Å². The predicted octanol–water partition coefficient (Wildman–Crippen LogP) is 1.82. The highest BCUT2D eigenvalue weighted by Crippen LogP contribution is 2.26. The highest BCUT2D eigenvalue weighted by atomic mass is 15.1. The minimum Gasteiger partial charge on any atom is -0.330 e. The Balaban J connectivity index is 1.71. The fraction of sp³-hybridized carbons (Fsp3) is 1.00. The van der Waals surface area contributed by atoms with Gasteiger partial charge in [-0.3, -0.25) is 0 Å². The summed E-state index contributed by atoms with van der Waals surface area (Å²) < 4.78 is 0. The first-order valence-corrected chi connectivity index (χ1v) is 7.88. The van der Waals surface area contributed by atoms with Crippen molar-refractivity contribution in [3.63, 3.8) is 0 Å². The van der Waals surface area contributed by atoms with Gasteiger partial charge in [-0.15, -0.1) is 0 Å². The lowest BCUT2D eigenvalue weighted by molar-refractivity contribution is 0.119. The molecule has 1 saturated carbocycles. The molecule has 3 heteroatoms. The number of likely N-dealkylation sites (tertiary alicyclic amines) is 1. The van der Waals surface area contributed by atoms with E-state index in [1.54, 1.807) is 0 Å². The predicted molar refractivity (Wildman–Crippen MR) is 77.6 cm³/mol. The van der Waals surface area contributed by atoms with Crippen LogP contribution in [0.1, 0.15) is 46.0 Å². The average Bonchev–Trinajstić information content (AvgIpc) is 2.32. The molecule has 1 atom stereocenters. The van der Waals surface area contributed by atoms with E-state index in [1.807, 2.05) is 0 Å². The third-order valence-electron chi connectivity index (χ3n) is 5.05. The van der Waals surface area contributed by atoms with Crippen LogP contribution in [0.15, 0.2) is 0 Å². The van der Waals surface area contributed by atoms with Crippen molar-refractivity contribution in [1.29, 1.82) is 0 Å². The van der Waals surface area contributed by atoms with E-state index in [1.165, 1.54) is 45.2 Å². The Bertz CT molecular complexity index is 230. The van der Waals surface area contributed by atoms with Crippen LogP contribution in [0.2, 0.25) is 0 Å². The highest BCUT2D eigenvalue weighted by Gasteiger charge is 2.27. The molecule has 1 heterocycles. The molecule has 2 aliphatic rings. The van der Waals surface area contributed by atoms with Gasteiger partial charge in [0.05, 0.1) is 0 Å². The van der Waals surface area contributed by atoms with Gasteiger partial charge in [0.15, 0.2) is 0 Å². The standard InChI is InChI=1S/C15H31N3/c1-12(2)18-8-6-13(7-9-18)14(10-16)11-17-15-4-3-5-15/h12-15,17H,3-11,16H2,1-2H3. The quantitative estimate of drug-likeness (QED) is 0.759. The van der Waals surface area contributed by atoms with E-state index in [9.17, 15) is 0 Å². The van der Waals surface area contributed by atoms with Crippen LogP contribution in [0.5, 0.6) is 0 Å². The molecule has 3 N–H and O–H groups in total. The summed E-state index contributed by atoms with van der Waals surface area (Å²) in [5.41, 5.74) is 5.99. The zero-order valence-corrected chi connectivity index (χ0v) is 12.2. The van der Waals surface area contributed by atoms with Crippen LogP contribution in [0, 0.1) is 11.8 Å². The molecule has 1 aliphatic heterocycles. The van der Waals surface area contributed by atoms with Gasteiger partial charge in [-0.2, -0.15) is 0 Å². The zero-order chi connectivity index (χ0) is 13.0. The van der Waals surface area contributed by atoms with Gasteiger partial charge in [0, 0.05) is 12.1 Å². The molecule has 3 nitrogen and oxygen atoms in total. The molecule has 1 saturated heterocycles. The summed E-state index contributed by atoms with van der Waals surface area (Å²) >= 11 is 0. The Morgan fingerprint density at radius 3 is 2.28 bits per heavy atom. The van der Waals surface area contributed by atoms with Crippen molar-refractivity contribution in [3.8, 4) is 0 Å². The lowest BCUT2D eigenvalue weighted by atomic mass is 9.83. The highest BCUT2D eigenvalue weighted by molar-refractivity contribution is 4.83. The molecule has 0 spiro atoms. The molecule has 0 aromatic rings. The van der Waals surface area contributed by atoms with Gasteiger partial charge in [-0.25, -0.2) is 0 Å². The molecule has 2 fully saturated rings.